The van der Waals surface area contributed by atoms with Crippen LogP contribution < -0.4 is 10.7 Å². The fourth-order valence-electron chi connectivity index (χ4n) is 2.77. The van der Waals surface area contributed by atoms with Crippen LogP contribution >= 0.6 is 11.6 Å². The van der Waals surface area contributed by atoms with E-state index in [4.69, 9.17) is 11.6 Å². The van der Waals surface area contributed by atoms with Gasteiger partial charge in [0.15, 0.2) is 5.78 Å². The van der Waals surface area contributed by atoms with Crippen molar-refractivity contribution in [1.82, 2.24) is 4.57 Å². The lowest BCUT2D eigenvalue weighted by Crippen LogP contribution is -2.24. The molecule has 0 fully saturated rings. The van der Waals surface area contributed by atoms with Crippen molar-refractivity contribution < 1.29 is 9.59 Å². The minimum atomic E-state index is -0.573. The van der Waals surface area contributed by atoms with Gasteiger partial charge in [0, 0.05) is 24.2 Å². The number of pyridine rings is 1. The largest absolute Gasteiger partial charge is 0.348 e. The molecule has 0 bridgehead atoms. The van der Waals surface area contributed by atoms with Gasteiger partial charge in [-0.05, 0) is 31.2 Å². The molecule has 0 atom stereocenters. The molecular formula is C19H15ClN2O3. The van der Waals surface area contributed by atoms with Gasteiger partial charge < -0.3 is 9.88 Å². The van der Waals surface area contributed by atoms with Crippen molar-refractivity contribution in [2.24, 2.45) is 7.05 Å². The Labute approximate surface area is 148 Å². The summed E-state index contributed by atoms with van der Waals surface area (Å²) in [6, 6.07) is 11.6. The fraction of sp³-hybridized carbons (Fsp3) is 0.105. The molecule has 1 amide bonds. The molecule has 1 heterocycles. The molecule has 1 aromatic heterocycles. The molecule has 6 heteroatoms. The number of hydrogen-bond donors (Lipinski definition) is 1. The van der Waals surface area contributed by atoms with Gasteiger partial charge in [0.25, 0.3) is 5.91 Å². The summed E-state index contributed by atoms with van der Waals surface area (Å²) in [6.45, 7) is 1.42. The van der Waals surface area contributed by atoms with Crippen LogP contribution in [0.2, 0.25) is 5.02 Å². The van der Waals surface area contributed by atoms with Crippen molar-refractivity contribution in [2.45, 2.75) is 6.92 Å². The van der Waals surface area contributed by atoms with E-state index in [1.54, 1.807) is 54.1 Å². The maximum atomic E-state index is 12.7. The predicted molar refractivity (Wildman–Crippen MR) is 98.6 cm³/mol. The highest BCUT2D eigenvalue weighted by atomic mass is 35.5. The quantitative estimate of drug-likeness (QED) is 0.730. The number of ketones is 1. The van der Waals surface area contributed by atoms with E-state index in [0.29, 0.717) is 27.2 Å². The number of aromatic nitrogens is 1. The highest BCUT2D eigenvalue weighted by molar-refractivity contribution is 6.35. The zero-order chi connectivity index (χ0) is 18.1. The minimum absolute atomic E-state index is 0.0179. The number of nitrogens with zero attached hydrogens (tertiary/aromatic N) is 1. The summed E-state index contributed by atoms with van der Waals surface area (Å²) in [4.78, 5) is 37.0. The second-order valence-electron chi connectivity index (χ2n) is 5.67. The Hall–Kier alpha value is -2.92. The number of carbonyl (C=O) groups is 2. The maximum absolute atomic E-state index is 12.7. The molecule has 5 nitrogen and oxygen atoms in total. The summed E-state index contributed by atoms with van der Waals surface area (Å²) in [6.07, 6.45) is 1.45. The average Bonchev–Trinajstić information content (AvgIpc) is 2.58. The van der Waals surface area contributed by atoms with Crippen LogP contribution in [0.4, 0.5) is 5.69 Å². The first kappa shape index (κ1) is 16.9. The smallest absolute Gasteiger partial charge is 0.261 e. The first-order chi connectivity index (χ1) is 11.9. The topological polar surface area (TPSA) is 68.2 Å². The molecule has 0 unspecified atom stereocenters. The molecule has 3 rings (SSSR count). The SMILES string of the molecule is CC(=O)c1ccccc1NC(=O)c1cn(C)c2c(Cl)cccc2c1=O. The molecule has 0 aliphatic heterocycles. The Balaban J connectivity index is 2.09. The lowest BCUT2D eigenvalue weighted by molar-refractivity contribution is 0.101. The van der Waals surface area contributed by atoms with E-state index < -0.39 is 11.3 Å². The van der Waals surface area contributed by atoms with Gasteiger partial charge >= 0.3 is 0 Å². The molecule has 1 N–H and O–H groups in total. The number of halogens is 1. The van der Waals surface area contributed by atoms with Gasteiger partial charge in [-0.2, -0.15) is 0 Å². The van der Waals surface area contributed by atoms with Crippen LogP contribution in [0.5, 0.6) is 0 Å². The second-order valence-corrected chi connectivity index (χ2v) is 6.08. The van der Waals surface area contributed by atoms with Crippen LogP contribution in [-0.4, -0.2) is 16.3 Å². The zero-order valence-electron chi connectivity index (χ0n) is 13.7. The number of hydrogen-bond acceptors (Lipinski definition) is 3. The Kier molecular flexibility index (Phi) is 4.42. The molecule has 0 aliphatic carbocycles. The van der Waals surface area contributed by atoms with Crippen molar-refractivity contribution in [3.8, 4) is 0 Å². The number of benzene rings is 2. The number of nitrogens with one attached hydrogen (secondary N) is 1. The van der Waals surface area contributed by atoms with Crippen molar-refractivity contribution in [1.29, 1.82) is 0 Å². The van der Waals surface area contributed by atoms with E-state index in [9.17, 15) is 14.4 Å². The summed E-state index contributed by atoms with van der Waals surface area (Å²) in [5.41, 5.74) is 0.892. The third-order valence-electron chi connectivity index (χ3n) is 3.95. The first-order valence-electron chi connectivity index (χ1n) is 7.59. The second kappa shape index (κ2) is 6.53. The summed E-state index contributed by atoms with van der Waals surface area (Å²) in [5, 5.41) is 3.45. The maximum Gasteiger partial charge on any atom is 0.261 e. The van der Waals surface area contributed by atoms with Gasteiger partial charge in [0.2, 0.25) is 5.43 Å². The number of amides is 1. The standard InChI is InChI=1S/C19H15ClN2O3/c1-11(23)12-6-3-4-9-16(12)21-19(25)14-10-22(2)17-13(18(14)24)7-5-8-15(17)20/h3-10H,1-2H3,(H,21,25). The average molecular weight is 355 g/mol. The van der Waals surface area contributed by atoms with Crippen LogP contribution in [0, 0.1) is 0 Å². The van der Waals surface area contributed by atoms with Gasteiger partial charge in [-0.1, -0.05) is 29.8 Å². The van der Waals surface area contributed by atoms with Crippen molar-refractivity contribution in [3.63, 3.8) is 0 Å². The summed E-state index contributed by atoms with van der Waals surface area (Å²) >= 11 is 6.15. The van der Waals surface area contributed by atoms with E-state index >= 15 is 0 Å². The number of aryl methyl sites for hydroxylation is 1. The van der Waals surface area contributed by atoms with Crippen molar-refractivity contribution in [3.05, 3.63) is 75.0 Å². The highest BCUT2D eigenvalue weighted by Crippen LogP contribution is 2.21. The molecule has 0 aliphatic rings. The molecule has 25 heavy (non-hydrogen) atoms. The van der Waals surface area contributed by atoms with E-state index in [0.717, 1.165) is 0 Å². The molecule has 0 radical (unpaired) electrons. The number of para-hydroxylation sites is 2. The van der Waals surface area contributed by atoms with Crippen molar-refractivity contribution in [2.75, 3.05) is 5.32 Å². The molecule has 0 saturated heterocycles. The van der Waals surface area contributed by atoms with Gasteiger partial charge in [-0.3, -0.25) is 14.4 Å². The third-order valence-corrected chi connectivity index (χ3v) is 4.26. The van der Waals surface area contributed by atoms with Crippen LogP contribution in [0.15, 0.2) is 53.5 Å². The predicted octanol–water partition coefficient (Wildman–Crippen LogP) is 3.65. The van der Waals surface area contributed by atoms with E-state index in [1.807, 2.05) is 0 Å². The molecule has 0 saturated carbocycles. The first-order valence-corrected chi connectivity index (χ1v) is 7.97. The van der Waals surface area contributed by atoms with Gasteiger partial charge in [0.05, 0.1) is 16.2 Å². The normalized spacial score (nSPS) is 10.7. The molecule has 3 aromatic rings. The zero-order valence-corrected chi connectivity index (χ0v) is 14.4. The number of anilines is 1. The van der Waals surface area contributed by atoms with Gasteiger partial charge in [-0.25, -0.2) is 0 Å². The lowest BCUT2D eigenvalue weighted by atomic mass is 10.1. The van der Waals surface area contributed by atoms with Crippen LogP contribution in [0.3, 0.4) is 0 Å². The van der Waals surface area contributed by atoms with Crippen LogP contribution in [0.25, 0.3) is 10.9 Å². The summed E-state index contributed by atoms with van der Waals surface area (Å²) in [5.74, 6) is -0.745. The molecule has 0 spiro atoms. The Morgan fingerprint density at radius 3 is 2.48 bits per heavy atom. The van der Waals surface area contributed by atoms with Crippen LogP contribution in [-0.2, 0) is 7.05 Å². The summed E-state index contributed by atoms with van der Waals surface area (Å²) < 4.78 is 1.64. The lowest BCUT2D eigenvalue weighted by Gasteiger charge is -2.12. The molecule has 126 valence electrons. The number of fused-ring (bicyclic) bond motifs is 1. The molecular weight excluding hydrogens is 340 g/mol. The summed E-state index contributed by atoms with van der Waals surface area (Å²) in [7, 11) is 1.72. The van der Waals surface area contributed by atoms with Gasteiger partial charge in [0.1, 0.15) is 5.56 Å². The Morgan fingerprint density at radius 2 is 1.76 bits per heavy atom. The Bertz CT molecular complexity index is 1070. The van der Waals surface area contributed by atoms with Gasteiger partial charge in [-0.15, -0.1) is 0 Å². The minimum Gasteiger partial charge on any atom is -0.348 e. The van der Waals surface area contributed by atoms with E-state index in [2.05, 4.69) is 5.32 Å². The Morgan fingerprint density at radius 1 is 1.04 bits per heavy atom. The monoisotopic (exact) mass is 354 g/mol. The number of Topliss-reactive ketones (excluding diaryl/α,β-unsaturated/α-hetero) is 1. The number of rotatable bonds is 3. The van der Waals surface area contributed by atoms with E-state index in [-0.39, 0.29) is 11.3 Å². The van der Waals surface area contributed by atoms with Crippen LogP contribution in [0.1, 0.15) is 27.6 Å². The third kappa shape index (κ3) is 3.06. The highest BCUT2D eigenvalue weighted by Gasteiger charge is 2.17. The fourth-order valence-corrected chi connectivity index (χ4v) is 3.08. The van der Waals surface area contributed by atoms with Crippen molar-refractivity contribution >= 4 is 39.9 Å². The number of carbonyl (C=O) groups excluding carboxylic acids is 2. The molecule has 2 aromatic carbocycles. The van der Waals surface area contributed by atoms with E-state index in [1.165, 1.54) is 13.1 Å².